The summed E-state index contributed by atoms with van der Waals surface area (Å²) in [5.74, 6) is -0.713. The predicted octanol–water partition coefficient (Wildman–Crippen LogP) is 0.790. The molecule has 1 aromatic carbocycles. The Morgan fingerprint density at radius 3 is 2.50 bits per heavy atom. The Labute approximate surface area is 92.5 Å². The summed E-state index contributed by atoms with van der Waals surface area (Å²) in [6.45, 7) is 1.28. The average Bonchev–Trinajstić information content (AvgIpc) is 2.30. The molecule has 6 nitrogen and oxygen atoms in total. The molecule has 0 saturated heterocycles. The van der Waals surface area contributed by atoms with Crippen LogP contribution >= 0.6 is 0 Å². The van der Waals surface area contributed by atoms with Crippen LogP contribution in [0.5, 0.6) is 0 Å². The molecule has 0 radical (unpaired) electrons. The summed E-state index contributed by atoms with van der Waals surface area (Å²) in [6.07, 6.45) is 0. The van der Waals surface area contributed by atoms with Crippen molar-refractivity contribution in [3.63, 3.8) is 0 Å². The molecule has 1 aromatic rings. The summed E-state index contributed by atoms with van der Waals surface area (Å²) in [6, 6.07) is 9.02. The van der Waals surface area contributed by atoms with Crippen LogP contribution in [0.4, 0.5) is 5.69 Å². The van der Waals surface area contributed by atoms with Gasteiger partial charge in [-0.05, 0) is 12.1 Å². The highest BCUT2D eigenvalue weighted by atomic mass is 16.4. The van der Waals surface area contributed by atoms with Gasteiger partial charge >= 0.3 is 0 Å². The summed E-state index contributed by atoms with van der Waals surface area (Å²) < 4.78 is 0. The van der Waals surface area contributed by atoms with Crippen molar-refractivity contribution >= 4 is 23.0 Å². The van der Waals surface area contributed by atoms with E-state index in [2.05, 4.69) is 15.7 Å². The lowest BCUT2D eigenvalue weighted by Crippen LogP contribution is -2.30. The van der Waals surface area contributed by atoms with E-state index in [9.17, 15) is 4.79 Å². The number of hydrazone groups is 1. The van der Waals surface area contributed by atoms with Crippen LogP contribution in [0.3, 0.4) is 0 Å². The monoisotopic (exact) mass is 220 g/mol. The summed E-state index contributed by atoms with van der Waals surface area (Å²) >= 11 is 0. The van der Waals surface area contributed by atoms with Crippen molar-refractivity contribution in [2.45, 2.75) is 6.92 Å². The molecule has 0 bridgehead atoms. The molecule has 0 aliphatic heterocycles. The topological polar surface area (TPSA) is 100 Å². The van der Waals surface area contributed by atoms with Crippen LogP contribution in [-0.2, 0) is 4.79 Å². The maximum atomic E-state index is 11.1. The van der Waals surface area contributed by atoms with Gasteiger partial charge in [-0.25, -0.2) is 0 Å². The van der Waals surface area contributed by atoms with Crippen molar-refractivity contribution in [3.05, 3.63) is 30.3 Å². The molecular weight excluding hydrogens is 208 g/mol. The van der Waals surface area contributed by atoms with Gasteiger partial charge in [-0.15, -0.1) is 0 Å². The van der Waals surface area contributed by atoms with Crippen molar-refractivity contribution < 1.29 is 10.0 Å². The number of rotatable bonds is 4. The van der Waals surface area contributed by atoms with Crippen LogP contribution in [0, 0.1) is 0 Å². The molecule has 6 heteroatoms. The van der Waals surface area contributed by atoms with Gasteiger partial charge in [0.25, 0.3) is 0 Å². The third kappa shape index (κ3) is 3.09. The third-order valence-electron chi connectivity index (χ3n) is 1.75. The van der Waals surface area contributed by atoms with E-state index in [1.165, 1.54) is 6.92 Å². The van der Waals surface area contributed by atoms with Gasteiger partial charge in [0.1, 0.15) is 0 Å². The Hall–Kier alpha value is -2.37. The van der Waals surface area contributed by atoms with E-state index in [0.717, 1.165) is 0 Å². The number of benzene rings is 1. The van der Waals surface area contributed by atoms with Crippen LogP contribution in [0.25, 0.3) is 0 Å². The molecular formula is C10H12N4O2. The Bertz CT molecular complexity index is 426. The smallest absolute Gasteiger partial charge is 0.194 e. The number of hydrogen-bond donors (Lipinski definition) is 3. The largest absolute Gasteiger partial charge is 0.409 e. The number of para-hydroxylation sites is 1. The molecule has 0 fully saturated rings. The van der Waals surface area contributed by atoms with E-state index < -0.39 is 5.78 Å². The minimum atomic E-state index is -0.390. The summed E-state index contributed by atoms with van der Waals surface area (Å²) in [4.78, 5) is 11.1. The second-order valence-electron chi connectivity index (χ2n) is 2.98. The van der Waals surface area contributed by atoms with Crippen molar-refractivity contribution in [1.29, 1.82) is 0 Å². The van der Waals surface area contributed by atoms with E-state index in [1.54, 1.807) is 12.1 Å². The van der Waals surface area contributed by atoms with E-state index in [-0.39, 0.29) is 11.5 Å². The summed E-state index contributed by atoms with van der Waals surface area (Å²) in [7, 11) is 0. The van der Waals surface area contributed by atoms with Crippen molar-refractivity contribution in [1.82, 2.24) is 0 Å². The lowest BCUT2D eigenvalue weighted by atomic mass is 10.2. The first-order valence-corrected chi connectivity index (χ1v) is 4.52. The van der Waals surface area contributed by atoms with Gasteiger partial charge in [0.2, 0.25) is 0 Å². The standard InChI is InChI=1S/C10H12N4O2/c1-7(15)9(10(11)14-16)13-12-8-5-3-2-4-6-8/h2-6,12,16H,1H3,(H2,11,14)/b13-9+. The molecule has 0 amide bonds. The van der Waals surface area contributed by atoms with Gasteiger partial charge < -0.3 is 10.9 Å². The summed E-state index contributed by atoms with van der Waals surface area (Å²) in [5, 5.41) is 14.9. The van der Waals surface area contributed by atoms with Gasteiger partial charge in [0.05, 0.1) is 5.69 Å². The Kier molecular flexibility index (Phi) is 4.02. The number of oxime groups is 1. The molecule has 0 aromatic heterocycles. The fourth-order valence-corrected chi connectivity index (χ4v) is 0.997. The Morgan fingerprint density at radius 2 is 2.00 bits per heavy atom. The number of nitrogens with zero attached hydrogens (tertiary/aromatic N) is 2. The number of carbonyl (C=O) groups excluding carboxylic acids is 1. The molecule has 0 unspecified atom stereocenters. The number of amidine groups is 1. The first-order chi connectivity index (χ1) is 7.65. The average molecular weight is 220 g/mol. The minimum Gasteiger partial charge on any atom is -0.409 e. The molecule has 1 rings (SSSR count). The van der Waals surface area contributed by atoms with E-state index in [1.807, 2.05) is 18.2 Å². The fraction of sp³-hybridized carbons (Fsp3) is 0.100. The zero-order valence-corrected chi connectivity index (χ0v) is 8.71. The molecule has 0 spiro atoms. The highest BCUT2D eigenvalue weighted by Gasteiger charge is 2.11. The molecule has 84 valence electrons. The van der Waals surface area contributed by atoms with Crippen LogP contribution in [0.15, 0.2) is 40.6 Å². The van der Waals surface area contributed by atoms with Crippen molar-refractivity contribution in [2.75, 3.05) is 5.43 Å². The Morgan fingerprint density at radius 1 is 1.38 bits per heavy atom. The fourth-order valence-electron chi connectivity index (χ4n) is 0.997. The van der Waals surface area contributed by atoms with Gasteiger partial charge in [-0.1, -0.05) is 23.4 Å². The summed E-state index contributed by atoms with van der Waals surface area (Å²) in [5.41, 5.74) is 8.51. The SMILES string of the molecule is CC(=O)C(=N\Nc1ccccc1)/C(N)=N/O. The number of nitrogens with one attached hydrogen (secondary N) is 1. The van der Waals surface area contributed by atoms with Gasteiger partial charge in [-0.2, -0.15) is 5.10 Å². The first kappa shape index (κ1) is 11.7. The van der Waals surface area contributed by atoms with Crippen LogP contribution in [0.1, 0.15) is 6.92 Å². The Balaban J connectivity index is 2.85. The van der Waals surface area contributed by atoms with Gasteiger partial charge in [-0.3, -0.25) is 10.2 Å². The normalized spacial score (nSPS) is 12.3. The molecule has 0 aliphatic carbocycles. The van der Waals surface area contributed by atoms with Crippen molar-refractivity contribution in [2.24, 2.45) is 16.0 Å². The highest BCUT2D eigenvalue weighted by molar-refractivity contribution is 6.66. The van der Waals surface area contributed by atoms with E-state index in [0.29, 0.717) is 5.69 Å². The highest BCUT2D eigenvalue weighted by Crippen LogP contribution is 2.04. The van der Waals surface area contributed by atoms with E-state index in [4.69, 9.17) is 10.9 Å². The zero-order chi connectivity index (χ0) is 12.0. The molecule has 16 heavy (non-hydrogen) atoms. The van der Waals surface area contributed by atoms with E-state index >= 15 is 0 Å². The lowest BCUT2D eigenvalue weighted by molar-refractivity contribution is -0.110. The molecule has 0 saturated carbocycles. The number of anilines is 1. The molecule has 0 atom stereocenters. The van der Waals surface area contributed by atoms with Crippen LogP contribution in [0.2, 0.25) is 0 Å². The third-order valence-corrected chi connectivity index (χ3v) is 1.75. The van der Waals surface area contributed by atoms with Crippen molar-refractivity contribution in [3.8, 4) is 0 Å². The predicted molar refractivity (Wildman–Crippen MR) is 61.6 cm³/mol. The second-order valence-corrected chi connectivity index (χ2v) is 2.98. The second kappa shape index (κ2) is 5.50. The first-order valence-electron chi connectivity index (χ1n) is 4.52. The molecule has 4 N–H and O–H groups in total. The van der Waals surface area contributed by atoms with Gasteiger partial charge in [0.15, 0.2) is 17.3 Å². The van der Waals surface area contributed by atoms with Gasteiger partial charge in [0, 0.05) is 6.92 Å². The molecule has 0 heterocycles. The number of nitrogens with two attached hydrogens (primary N) is 1. The number of hydrogen-bond acceptors (Lipinski definition) is 5. The number of ketones is 1. The minimum absolute atomic E-state index is 0.119. The lowest BCUT2D eigenvalue weighted by Gasteiger charge is -2.02. The molecule has 0 aliphatic rings. The quantitative estimate of drug-likeness (QED) is 0.302. The van der Waals surface area contributed by atoms with Crippen LogP contribution < -0.4 is 11.2 Å². The van der Waals surface area contributed by atoms with Crippen LogP contribution in [-0.4, -0.2) is 22.5 Å². The number of Topliss-reactive ketones (excluding diaryl/α,β-unsaturated/α-hetero) is 1. The number of carbonyl (C=O) groups is 1. The maximum absolute atomic E-state index is 11.1. The zero-order valence-electron chi connectivity index (χ0n) is 8.71. The maximum Gasteiger partial charge on any atom is 0.194 e.